The highest BCUT2D eigenvalue weighted by atomic mass is 28.3. The fourth-order valence-corrected chi connectivity index (χ4v) is 17.9. The van der Waals surface area contributed by atoms with Gasteiger partial charge in [-0.15, -0.1) is 5.54 Å². The highest BCUT2D eigenvalue weighted by Gasteiger charge is 2.50. The van der Waals surface area contributed by atoms with Crippen molar-refractivity contribution in [2.45, 2.75) is 128 Å². The first-order valence-electron chi connectivity index (χ1n) is 22.3. The van der Waals surface area contributed by atoms with Crippen molar-refractivity contribution >= 4 is 35.6 Å². The van der Waals surface area contributed by atoms with E-state index >= 15 is 8.78 Å². The van der Waals surface area contributed by atoms with E-state index in [1.54, 1.807) is 19.2 Å². The molecule has 4 fully saturated rings. The standard InChI is InChI=1S/C48H60F3N5O3Si/c1-27(2)60(28(3)4,29(5)6)17-14-36-38(50)13-12-32-20-35(59-26-57-8)21-37(40(32)36)43-42(51)44-41-39(52-43)18-30(7)45-33-11-10-31(19-33)23-56(45)46(41)54-47(53-44)58-25-48-15-9-16-55(48)24-34(49)22-48/h12-13,20-21,27-31,33-34,45H,9-11,15-16,18-19,22-26H2,1-8H3/t30-,31+,33-,34-,45+,48+/m1/s1. The number of benzene rings is 2. The number of nitrogens with zero attached hydrogens (tertiary/aromatic N) is 5. The van der Waals surface area contributed by atoms with Crippen LogP contribution in [0.5, 0.6) is 11.8 Å². The van der Waals surface area contributed by atoms with E-state index in [1.165, 1.54) is 18.9 Å². The molecule has 6 atom stereocenters. The third kappa shape index (κ3) is 6.76. The van der Waals surface area contributed by atoms with Gasteiger partial charge >= 0.3 is 6.01 Å². The van der Waals surface area contributed by atoms with Crippen molar-refractivity contribution in [1.82, 2.24) is 19.9 Å². The summed E-state index contributed by atoms with van der Waals surface area (Å²) in [5.41, 5.74) is 5.79. The van der Waals surface area contributed by atoms with Gasteiger partial charge in [0.2, 0.25) is 0 Å². The molecule has 5 aliphatic rings. The van der Waals surface area contributed by atoms with Crippen LogP contribution in [0, 0.1) is 40.9 Å². The van der Waals surface area contributed by atoms with Crippen molar-refractivity contribution in [1.29, 1.82) is 0 Å². The summed E-state index contributed by atoms with van der Waals surface area (Å²) in [7, 11) is -0.752. The maximum Gasteiger partial charge on any atom is 0.319 e. The molecule has 9 rings (SSSR count). The molecule has 0 radical (unpaired) electrons. The Bertz CT molecular complexity index is 2360. The summed E-state index contributed by atoms with van der Waals surface area (Å²) in [6.45, 7) is 17.9. The Morgan fingerprint density at radius 1 is 0.967 bits per heavy atom. The second kappa shape index (κ2) is 15.8. The van der Waals surface area contributed by atoms with Crippen LogP contribution in [-0.2, 0) is 11.2 Å². The summed E-state index contributed by atoms with van der Waals surface area (Å²) in [6, 6.07) is 6.99. The van der Waals surface area contributed by atoms with Crippen molar-refractivity contribution in [2.75, 3.05) is 45.0 Å². The molecule has 3 saturated heterocycles. The lowest BCUT2D eigenvalue weighted by molar-refractivity contribution is 0.0512. The number of hydrogen-bond donors (Lipinski definition) is 0. The number of aromatic nitrogens is 3. The highest BCUT2D eigenvalue weighted by Crippen LogP contribution is 2.50. The molecule has 0 amide bonds. The SMILES string of the molecule is COCOc1cc(-c2nc3c4c(nc(OC[C@@]56CCCN5C[C@H](F)C6)nc4c2F)N2C[C@H]4CC[C@H](C4)[C@@H]2[C@H](C)C3)c2c(C#C[Si](C(C)C)(C(C)C)C(C)C)c(F)ccc2c1. The molecule has 1 aliphatic carbocycles. The fourth-order valence-electron chi connectivity index (χ4n) is 12.7. The minimum absolute atomic E-state index is 0.0285. The number of halogens is 3. The largest absolute Gasteiger partial charge is 0.468 e. The van der Waals surface area contributed by atoms with E-state index in [-0.39, 0.29) is 48.1 Å². The number of methoxy groups -OCH3 is 1. The molecule has 0 N–H and O–H groups in total. The van der Waals surface area contributed by atoms with E-state index in [9.17, 15) is 4.39 Å². The summed E-state index contributed by atoms with van der Waals surface area (Å²) < 4.78 is 67.2. The zero-order chi connectivity index (χ0) is 42.2. The van der Waals surface area contributed by atoms with Gasteiger partial charge in [0.05, 0.1) is 22.2 Å². The maximum atomic E-state index is 18.0. The van der Waals surface area contributed by atoms with Crippen molar-refractivity contribution < 1.29 is 27.4 Å². The Hall–Kier alpha value is -3.92. The minimum atomic E-state index is -2.30. The number of fused-ring (bicyclic) bond motifs is 7. The Morgan fingerprint density at radius 2 is 1.75 bits per heavy atom. The predicted octanol–water partition coefficient (Wildman–Crippen LogP) is 10.4. The van der Waals surface area contributed by atoms with Gasteiger partial charge < -0.3 is 19.1 Å². The van der Waals surface area contributed by atoms with E-state index in [1.807, 2.05) is 6.07 Å². The van der Waals surface area contributed by atoms with Crippen molar-refractivity contribution in [2.24, 2.45) is 17.8 Å². The molecule has 4 aliphatic heterocycles. The lowest BCUT2D eigenvalue weighted by Crippen LogP contribution is -2.49. The number of rotatable bonds is 10. The first kappa shape index (κ1) is 41.4. The Morgan fingerprint density at radius 3 is 2.50 bits per heavy atom. The normalized spacial score (nSPS) is 26.2. The quantitative estimate of drug-likeness (QED) is 0.0888. The lowest BCUT2D eigenvalue weighted by atomic mass is 9.82. The summed E-state index contributed by atoms with van der Waals surface area (Å²) in [4.78, 5) is 19.9. The molecule has 2 bridgehead atoms. The van der Waals surface area contributed by atoms with Gasteiger partial charge in [-0.05, 0) is 103 Å². The number of anilines is 1. The molecule has 0 spiro atoms. The molecule has 12 heteroatoms. The number of alkyl halides is 1. The number of ether oxygens (including phenoxy) is 3. The lowest BCUT2D eigenvalue weighted by Gasteiger charge is -2.43. The molecule has 4 aromatic rings. The van der Waals surface area contributed by atoms with E-state index in [0.29, 0.717) is 86.8 Å². The fraction of sp³-hybridized carbons (Fsp3) is 0.604. The van der Waals surface area contributed by atoms with Crippen LogP contribution in [0.25, 0.3) is 32.9 Å². The van der Waals surface area contributed by atoms with Crippen LogP contribution in [0.15, 0.2) is 24.3 Å². The summed E-state index contributed by atoms with van der Waals surface area (Å²) in [6.07, 6.45) is 5.42. The first-order valence-corrected chi connectivity index (χ1v) is 24.6. The zero-order valence-electron chi connectivity index (χ0n) is 36.5. The van der Waals surface area contributed by atoms with Gasteiger partial charge in [-0.2, -0.15) is 9.97 Å². The molecule has 1 saturated carbocycles. The first-order chi connectivity index (χ1) is 28.7. The molecular weight excluding hydrogens is 780 g/mol. The van der Waals surface area contributed by atoms with Crippen molar-refractivity contribution in [3.8, 4) is 34.5 Å². The van der Waals surface area contributed by atoms with Crippen LogP contribution in [0.1, 0.15) is 98.2 Å². The second-order valence-electron chi connectivity index (χ2n) is 19.6. The van der Waals surface area contributed by atoms with E-state index < -0.39 is 31.4 Å². The molecule has 2 aromatic carbocycles. The highest BCUT2D eigenvalue weighted by molar-refractivity contribution is 6.90. The van der Waals surface area contributed by atoms with E-state index in [0.717, 1.165) is 32.4 Å². The maximum absolute atomic E-state index is 18.0. The van der Waals surface area contributed by atoms with Gasteiger partial charge in [-0.1, -0.05) is 60.5 Å². The molecule has 60 heavy (non-hydrogen) atoms. The monoisotopic (exact) mass is 839 g/mol. The molecular formula is C48H60F3N5O3Si. The van der Waals surface area contributed by atoms with Gasteiger partial charge in [-0.25, -0.2) is 18.2 Å². The molecule has 6 heterocycles. The molecule has 320 valence electrons. The number of hydrogen-bond acceptors (Lipinski definition) is 8. The number of pyridine rings is 1. The summed E-state index contributed by atoms with van der Waals surface area (Å²) >= 11 is 0. The van der Waals surface area contributed by atoms with Gasteiger partial charge in [0.1, 0.15) is 49.4 Å². The van der Waals surface area contributed by atoms with Crippen molar-refractivity contribution in [3.05, 3.63) is 47.2 Å². The van der Waals surface area contributed by atoms with Gasteiger partial charge in [0.15, 0.2) is 12.6 Å². The van der Waals surface area contributed by atoms with E-state index in [4.69, 9.17) is 29.2 Å². The molecule has 2 aromatic heterocycles. The Kier molecular flexibility index (Phi) is 10.9. The van der Waals surface area contributed by atoms with Crippen LogP contribution in [0.2, 0.25) is 16.6 Å². The average molecular weight is 840 g/mol. The predicted molar refractivity (Wildman–Crippen MR) is 234 cm³/mol. The molecule has 8 nitrogen and oxygen atoms in total. The zero-order valence-corrected chi connectivity index (χ0v) is 37.5. The van der Waals surface area contributed by atoms with Crippen LogP contribution in [0.3, 0.4) is 0 Å². The van der Waals surface area contributed by atoms with Gasteiger partial charge in [0.25, 0.3) is 0 Å². The minimum Gasteiger partial charge on any atom is -0.468 e. The van der Waals surface area contributed by atoms with E-state index in [2.05, 4.69) is 69.7 Å². The van der Waals surface area contributed by atoms with Gasteiger partial charge in [-0.3, -0.25) is 4.90 Å². The van der Waals surface area contributed by atoms with Crippen LogP contribution < -0.4 is 14.4 Å². The van der Waals surface area contributed by atoms with Gasteiger partial charge in [0, 0.05) is 43.6 Å². The topological polar surface area (TPSA) is 72.8 Å². The Labute approximate surface area is 354 Å². The van der Waals surface area contributed by atoms with Crippen LogP contribution >= 0.6 is 0 Å². The third-order valence-corrected chi connectivity index (χ3v) is 21.5. The summed E-state index contributed by atoms with van der Waals surface area (Å²) in [5, 5.41) is 1.74. The Balaban J connectivity index is 1.28. The van der Waals surface area contributed by atoms with Crippen LogP contribution in [0.4, 0.5) is 19.0 Å². The molecule has 0 unspecified atom stereocenters. The summed E-state index contributed by atoms with van der Waals surface area (Å²) in [5.74, 6) is 4.63. The second-order valence-corrected chi connectivity index (χ2v) is 25.2. The third-order valence-electron chi connectivity index (χ3n) is 15.2. The average Bonchev–Trinajstić information content (AvgIpc) is 3.85. The van der Waals surface area contributed by atoms with Crippen LogP contribution in [-0.4, -0.2) is 85.8 Å². The number of piperidine rings is 1. The smallest absolute Gasteiger partial charge is 0.319 e. The van der Waals surface area contributed by atoms with Crippen molar-refractivity contribution in [3.63, 3.8) is 0 Å².